The number of aliphatic hydroxyl groups excluding tert-OH is 1. The minimum absolute atomic E-state index is 0.00243. The third-order valence-corrected chi connectivity index (χ3v) is 3.68. The SMILES string of the molecule is CC(O)CN1CCN(CC(=O)Nc2ccncc2)CC1C. The molecule has 6 nitrogen and oxygen atoms in total. The van der Waals surface area contributed by atoms with E-state index in [1.54, 1.807) is 31.5 Å². The van der Waals surface area contributed by atoms with Gasteiger partial charge in [-0.25, -0.2) is 0 Å². The van der Waals surface area contributed by atoms with E-state index in [1.807, 2.05) is 0 Å². The fourth-order valence-corrected chi connectivity index (χ4v) is 2.66. The van der Waals surface area contributed by atoms with Crippen molar-refractivity contribution in [3.8, 4) is 0 Å². The van der Waals surface area contributed by atoms with E-state index in [9.17, 15) is 9.90 Å². The Kier molecular flexibility index (Phi) is 5.67. The van der Waals surface area contributed by atoms with E-state index in [0.29, 0.717) is 19.1 Å². The Labute approximate surface area is 125 Å². The van der Waals surface area contributed by atoms with Crippen molar-refractivity contribution in [3.63, 3.8) is 0 Å². The van der Waals surface area contributed by atoms with Crippen molar-refractivity contribution >= 4 is 11.6 Å². The molecule has 2 heterocycles. The molecular formula is C15H24N4O2. The molecule has 0 aromatic carbocycles. The first-order valence-corrected chi connectivity index (χ1v) is 7.39. The van der Waals surface area contributed by atoms with Crippen molar-refractivity contribution in [2.45, 2.75) is 26.0 Å². The van der Waals surface area contributed by atoms with Gasteiger partial charge < -0.3 is 10.4 Å². The summed E-state index contributed by atoms with van der Waals surface area (Å²) in [5.41, 5.74) is 0.774. The Balaban J connectivity index is 1.78. The normalized spacial score (nSPS) is 22.0. The van der Waals surface area contributed by atoms with E-state index < -0.39 is 0 Å². The van der Waals surface area contributed by atoms with Crippen LogP contribution in [0.4, 0.5) is 5.69 Å². The number of nitrogens with zero attached hydrogens (tertiary/aromatic N) is 3. The molecule has 2 N–H and O–H groups in total. The number of pyridine rings is 1. The van der Waals surface area contributed by atoms with Crippen LogP contribution in [-0.2, 0) is 4.79 Å². The molecule has 0 aliphatic carbocycles. The Morgan fingerprint density at radius 2 is 2.19 bits per heavy atom. The van der Waals surface area contributed by atoms with Gasteiger partial charge in [-0.15, -0.1) is 0 Å². The largest absolute Gasteiger partial charge is 0.392 e. The van der Waals surface area contributed by atoms with Gasteiger partial charge in [-0.2, -0.15) is 0 Å². The maximum Gasteiger partial charge on any atom is 0.238 e. The molecule has 0 bridgehead atoms. The Hall–Kier alpha value is -1.50. The van der Waals surface area contributed by atoms with Gasteiger partial charge in [-0.05, 0) is 26.0 Å². The van der Waals surface area contributed by atoms with Crippen molar-refractivity contribution in [1.82, 2.24) is 14.8 Å². The van der Waals surface area contributed by atoms with Gasteiger partial charge >= 0.3 is 0 Å². The van der Waals surface area contributed by atoms with Crippen LogP contribution in [0.2, 0.25) is 0 Å². The molecule has 0 saturated carbocycles. The van der Waals surface area contributed by atoms with Crippen molar-refractivity contribution in [2.75, 3.05) is 38.0 Å². The lowest BCUT2D eigenvalue weighted by Gasteiger charge is -2.40. The number of β-amino-alcohol motifs (C(OH)–C–C–N with tert-alkyl or cyclic N) is 1. The molecule has 0 radical (unpaired) electrons. The van der Waals surface area contributed by atoms with E-state index in [2.05, 4.69) is 27.0 Å². The molecule has 1 aliphatic heterocycles. The van der Waals surface area contributed by atoms with Gasteiger partial charge in [0.15, 0.2) is 0 Å². The second kappa shape index (κ2) is 7.49. The number of amides is 1. The quantitative estimate of drug-likeness (QED) is 0.822. The van der Waals surface area contributed by atoms with Gasteiger partial charge in [0.25, 0.3) is 0 Å². The molecule has 1 aliphatic rings. The molecule has 116 valence electrons. The van der Waals surface area contributed by atoms with Crippen LogP contribution >= 0.6 is 0 Å². The van der Waals surface area contributed by atoms with Crippen LogP contribution in [-0.4, -0.2) is 70.7 Å². The molecule has 2 unspecified atom stereocenters. The Bertz CT molecular complexity index is 452. The number of rotatable bonds is 5. The molecule has 1 aromatic rings. The van der Waals surface area contributed by atoms with E-state index >= 15 is 0 Å². The summed E-state index contributed by atoms with van der Waals surface area (Å²) >= 11 is 0. The van der Waals surface area contributed by atoms with Crippen LogP contribution in [0.25, 0.3) is 0 Å². The lowest BCUT2D eigenvalue weighted by molar-refractivity contribution is -0.118. The van der Waals surface area contributed by atoms with Gasteiger partial charge in [0.2, 0.25) is 5.91 Å². The summed E-state index contributed by atoms with van der Waals surface area (Å²) in [7, 11) is 0. The molecule has 6 heteroatoms. The predicted molar refractivity (Wildman–Crippen MR) is 82.0 cm³/mol. The number of carbonyl (C=O) groups excluding carboxylic acids is 1. The number of hydrogen-bond donors (Lipinski definition) is 2. The number of carbonyl (C=O) groups is 1. The maximum atomic E-state index is 12.0. The zero-order chi connectivity index (χ0) is 15.2. The molecule has 1 aromatic heterocycles. The zero-order valence-corrected chi connectivity index (χ0v) is 12.7. The van der Waals surface area contributed by atoms with Crippen LogP contribution in [0.15, 0.2) is 24.5 Å². The second-order valence-electron chi connectivity index (χ2n) is 5.71. The Morgan fingerprint density at radius 1 is 1.48 bits per heavy atom. The summed E-state index contributed by atoms with van der Waals surface area (Å²) in [6.45, 7) is 7.61. The lowest BCUT2D eigenvalue weighted by Crippen LogP contribution is -2.54. The van der Waals surface area contributed by atoms with E-state index in [4.69, 9.17) is 0 Å². The lowest BCUT2D eigenvalue weighted by atomic mass is 10.1. The number of nitrogens with one attached hydrogen (secondary N) is 1. The second-order valence-corrected chi connectivity index (χ2v) is 5.71. The molecular weight excluding hydrogens is 268 g/mol. The fourth-order valence-electron chi connectivity index (χ4n) is 2.66. The molecule has 2 atom stereocenters. The van der Waals surface area contributed by atoms with E-state index in [-0.39, 0.29) is 12.0 Å². The monoisotopic (exact) mass is 292 g/mol. The topological polar surface area (TPSA) is 68.7 Å². The highest BCUT2D eigenvalue weighted by Gasteiger charge is 2.25. The number of piperazine rings is 1. The van der Waals surface area contributed by atoms with E-state index in [1.165, 1.54) is 0 Å². The molecule has 1 amide bonds. The summed E-state index contributed by atoms with van der Waals surface area (Å²) < 4.78 is 0. The van der Waals surface area contributed by atoms with Crippen LogP contribution in [0, 0.1) is 0 Å². The summed E-state index contributed by atoms with van der Waals surface area (Å²) in [5, 5.41) is 12.3. The first-order valence-electron chi connectivity index (χ1n) is 7.39. The van der Waals surface area contributed by atoms with Crippen LogP contribution in [0.1, 0.15) is 13.8 Å². The van der Waals surface area contributed by atoms with Crippen LogP contribution in [0.3, 0.4) is 0 Å². The van der Waals surface area contributed by atoms with Gasteiger partial charge in [0, 0.05) is 50.3 Å². The highest BCUT2D eigenvalue weighted by Crippen LogP contribution is 2.10. The third kappa shape index (κ3) is 5.08. The molecule has 21 heavy (non-hydrogen) atoms. The van der Waals surface area contributed by atoms with Crippen molar-refractivity contribution < 1.29 is 9.90 Å². The maximum absolute atomic E-state index is 12.0. The first-order chi connectivity index (χ1) is 10.0. The van der Waals surface area contributed by atoms with Gasteiger partial charge in [0.05, 0.1) is 12.6 Å². The van der Waals surface area contributed by atoms with E-state index in [0.717, 1.165) is 25.3 Å². The Morgan fingerprint density at radius 3 is 2.81 bits per heavy atom. The highest BCUT2D eigenvalue weighted by molar-refractivity contribution is 5.92. The number of aromatic nitrogens is 1. The van der Waals surface area contributed by atoms with Crippen molar-refractivity contribution in [2.24, 2.45) is 0 Å². The first kappa shape index (κ1) is 15.9. The molecule has 1 fully saturated rings. The molecule has 0 spiro atoms. The van der Waals surface area contributed by atoms with Gasteiger partial charge in [0.1, 0.15) is 0 Å². The fraction of sp³-hybridized carbons (Fsp3) is 0.600. The minimum Gasteiger partial charge on any atom is -0.392 e. The smallest absolute Gasteiger partial charge is 0.238 e. The summed E-state index contributed by atoms with van der Waals surface area (Å²) in [6.07, 6.45) is 3.01. The minimum atomic E-state index is -0.311. The van der Waals surface area contributed by atoms with Crippen molar-refractivity contribution in [1.29, 1.82) is 0 Å². The van der Waals surface area contributed by atoms with Crippen molar-refractivity contribution in [3.05, 3.63) is 24.5 Å². The van der Waals surface area contributed by atoms with Gasteiger partial charge in [-0.3, -0.25) is 19.6 Å². The average Bonchev–Trinajstić information content (AvgIpc) is 2.42. The number of hydrogen-bond acceptors (Lipinski definition) is 5. The van der Waals surface area contributed by atoms with Crippen LogP contribution in [0.5, 0.6) is 0 Å². The average molecular weight is 292 g/mol. The summed E-state index contributed by atoms with van der Waals surface area (Å²) in [6, 6.07) is 3.91. The number of anilines is 1. The number of aliphatic hydroxyl groups is 1. The molecule has 1 saturated heterocycles. The van der Waals surface area contributed by atoms with Gasteiger partial charge in [-0.1, -0.05) is 0 Å². The third-order valence-electron chi connectivity index (χ3n) is 3.68. The summed E-state index contributed by atoms with van der Waals surface area (Å²) in [5.74, 6) is -0.00243. The highest BCUT2D eigenvalue weighted by atomic mass is 16.3. The zero-order valence-electron chi connectivity index (χ0n) is 12.7. The standard InChI is InChI=1S/C15H24N4O2/c1-12-9-18(7-8-19(12)10-13(2)20)11-15(21)17-14-3-5-16-6-4-14/h3-6,12-13,20H,7-11H2,1-2H3,(H,16,17,21). The predicted octanol–water partition coefficient (Wildman–Crippen LogP) is 0.407. The summed E-state index contributed by atoms with van der Waals surface area (Å²) in [4.78, 5) is 20.4. The van der Waals surface area contributed by atoms with Crippen LogP contribution < -0.4 is 5.32 Å². The molecule has 2 rings (SSSR count).